The van der Waals surface area contributed by atoms with E-state index in [1.165, 1.54) is 6.42 Å². The van der Waals surface area contributed by atoms with Gasteiger partial charge in [0.05, 0.1) is 13.2 Å². The van der Waals surface area contributed by atoms with Gasteiger partial charge < -0.3 is 14.8 Å². The van der Waals surface area contributed by atoms with E-state index in [-0.39, 0.29) is 6.29 Å². The van der Waals surface area contributed by atoms with Crippen LogP contribution in [0.25, 0.3) is 0 Å². The molecule has 72 valence electrons. The molecule has 1 fully saturated rings. The molecule has 0 aromatic heterocycles. The van der Waals surface area contributed by atoms with Crippen LogP contribution in [0.2, 0.25) is 0 Å². The van der Waals surface area contributed by atoms with Crippen molar-refractivity contribution in [2.24, 2.45) is 5.92 Å². The molecule has 1 heterocycles. The number of hydrogen-bond donors (Lipinski definition) is 1. The Morgan fingerprint density at radius 1 is 1.42 bits per heavy atom. The molecule has 3 heteroatoms. The van der Waals surface area contributed by atoms with Gasteiger partial charge in [0.2, 0.25) is 0 Å². The molecule has 1 saturated heterocycles. The molecule has 0 aromatic rings. The molecule has 0 aromatic carbocycles. The van der Waals surface area contributed by atoms with Crippen molar-refractivity contribution in [2.75, 3.05) is 26.8 Å². The molecule has 0 saturated carbocycles. The summed E-state index contributed by atoms with van der Waals surface area (Å²) < 4.78 is 10.7. The summed E-state index contributed by atoms with van der Waals surface area (Å²) in [6, 6.07) is 0. The lowest BCUT2D eigenvalue weighted by molar-refractivity contribution is -0.0559. The average molecular weight is 173 g/mol. The second-order valence-corrected chi connectivity index (χ2v) is 3.40. The van der Waals surface area contributed by atoms with E-state index in [9.17, 15) is 0 Å². The zero-order valence-corrected chi connectivity index (χ0v) is 8.01. The van der Waals surface area contributed by atoms with E-state index in [0.717, 1.165) is 26.2 Å². The molecule has 0 amide bonds. The maximum atomic E-state index is 5.36. The summed E-state index contributed by atoms with van der Waals surface area (Å²) in [5.41, 5.74) is 0. The van der Waals surface area contributed by atoms with Crippen molar-refractivity contribution < 1.29 is 9.47 Å². The third-order valence-electron chi connectivity index (χ3n) is 2.17. The van der Waals surface area contributed by atoms with Gasteiger partial charge in [-0.25, -0.2) is 0 Å². The van der Waals surface area contributed by atoms with Crippen molar-refractivity contribution in [1.82, 2.24) is 5.32 Å². The van der Waals surface area contributed by atoms with E-state index < -0.39 is 0 Å². The molecule has 1 aliphatic rings. The summed E-state index contributed by atoms with van der Waals surface area (Å²) in [6.45, 7) is 4.85. The Morgan fingerprint density at radius 2 is 2.08 bits per heavy atom. The highest BCUT2D eigenvalue weighted by atomic mass is 16.7. The zero-order chi connectivity index (χ0) is 8.81. The molecule has 1 unspecified atom stereocenters. The number of ether oxygens (including phenoxy) is 2. The van der Waals surface area contributed by atoms with Crippen LogP contribution in [-0.2, 0) is 9.47 Å². The van der Waals surface area contributed by atoms with Gasteiger partial charge in [-0.15, -0.1) is 0 Å². The lowest BCUT2D eigenvalue weighted by Crippen LogP contribution is -2.17. The van der Waals surface area contributed by atoms with Gasteiger partial charge in [0, 0.05) is 6.42 Å². The first-order valence-electron chi connectivity index (χ1n) is 4.70. The van der Waals surface area contributed by atoms with Crippen molar-refractivity contribution in [2.45, 2.75) is 26.1 Å². The molecule has 12 heavy (non-hydrogen) atoms. The van der Waals surface area contributed by atoms with Crippen molar-refractivity contribution in [1.29, 1.82) is 0 Å². The first kappa shape index (κ1) is 9.96. The highest BCUT2D eigenvalue weighted by molar-refractivity contribution is 4.60. The highest BCUT2D eigenvalue weighted by Gasteiger charge is 2.18. The van der Waals surface area contributed by atoms with Crippen LogP contribution in [0.4, 0.5) is 0 Å². The minimum absolute atomic E-state index is 0.0665. The highest BCUT2D eigenvalue weighted by Crippen LogP contribution is 2.16. The van der Waals surface area contributed by atoms with Gasteiger partial charge in [0.25, 0.3) is 0 Å². The van der Waals surface area contributed by atoms with Gasteiger partial charge in [-0.3, -0.25) is 0 Å². The fraction of sp³-hybridized carbons (Fsp3) is 1.00. The van der Waals surface area contributed by atoms with Crippen molar-refractivity contribution >= 4 is 0 Å². The van der Waals surface area contributed by atoms with E-state index >= 15 is 0 Å². The fourth-order valence-corrected chi connectivity index (χ4v) is 1.38. The van der Waals surface area contributed by atoms with Gasteiger partial charge in [0.15, 0.2) is 6.29 Å². The number of rotatable bonds is 5. The molecule has 1 rings (SSSR count). The van der Waals surface area contributed by atoms with E-state index in [1.54, 1.807) is 0 Å². The number of nitrogens with one attached hydrogen (secondary N) is 1. The van der Waals surface area contributed by atoms with Gasteiger partial charge >= 0.3 is 0 Å². The van der Waals surface area contributed by atoms with Gasteiger partial charge in [-0.1, -0.05) is 6.92 Å². The normalized spacial score (nSPS) is 21.5. The SMILES string of the molecule is CNCCC(C)CC1OCCO1. The lowest BCUT2D eigenvalue weighted by Gasteiger charge is -2.14. The minimum Gasteiger partial charge on any atom is -0.350 e. The van der Waals surface area contributed by atoms with Crippen LogP contribution in [-0.4, -0.2) is 33.1 Å². The molecule has 0 aliphatic carbocycles. The monoisotopic (exact) mass is 173 g/mol. The Morgan fingerprint density at radius 3 is 2.67 bits per heavy atom. The van der Waals surface area contributed by atoms with Crippen molar-refractivity contribution in [3.05, 3.63) is 0 Å². The smallest absolute Gasteiger partial charge is 0.158 e. The quantitative estimate of drug-likeness (QED) is 0.672. The summed E-state index contributed by atoms with van der Waals surface area (Å²) in [5.74, 6) is 0.681. The molecule has 0 bridgehead atoms. The van der Waals surface area contributed by atoms with Gasteiger partial charge in [-0.2, -0.15) is 0 Å². The van der Waals surface area contributed by atoms with E-state index in [0.29, 0.717) is 5.92 Å². The third kappa shape index (κ3) is 3.52. The van der Waals surface area contributed by atoms with E-state index in [2.05, 4.69) is 12.2 Å². The van der Waals surface area contributed by atoms with Crippen LogP contribution in [0, 0.1) is 5.92 Å². The predicted octanol–water partition coefficient (Wildman–Crippen LogP) is 0.995. The van der Waals surface area contributed by atoms with Crippen LogP contribution < -0.4 is 5.32 Å². The maximum absolute atomic E-state index is 5.36. The molecule has 3 nitrogen and oxygen atoms in total. The summed E-state index contributed by atoms with van der Waals surface area (Å²) >= 11 is 0. The molecule has 0 spiro atoms. The molecule has 1 N–H and O–H groups in total. The Labute approximate surface area is 74.4 Å². The Kier molecular flexibility index (Phi) is 4.58. The number of hydrogen-bond acceptors (Lipinski definition) is 3. The summed E-state index contributed by atoms with van der Waals surface area (Å²) in [7, 11) is 1.98. The standard InChI is InChI=1S/C9H19NO2/c1-8(3-4-10-2)7-9-11-5-6-12-9/h8-10H,3-7H2,1-2H3. The largest absolute Gasteiger partial charge is 0.350 e. The topological polar surface area (TPSA) is 30.5 Å². The first-order chi connectivity index (χ1) is 5.83. The van der Waals surface area contributed by atoms with Crippen molar-refractivity contribution in [3.63, 3.8) is 0 Å². The van der Waals surface area contributed by atoms with Crippen LogP contribution in [0.5, 0.6) is 0 Å². The van der Waals surface area contributed by atoms with Crippen LogP contribution >= 0.6 is 0 Å². The molecular formula is C9H19NO2. The summed E-state index contributed by atoms with van der Waals surface area (Å²) in [5, 5.41) is 3.14. The fourth-order valence-electron chi connectivity index (χ4n) is 1.38. The van der Waals surface area contributed by atoms with Gasteiger partial charge in [0.1, 0.15) is 0 Å². The van der Waals surface area contributed by atoms with E-state index in [1.807, 2.05) is 7.05 Å². The van der Waals surface area contributed by atoms with Gasteiger partial charge in [-0.05, 0) is 25.9 Å². The second-order valence-electron chi connectivity index (χ2n) is 3.40. The first-order valence-corrected chi connectivity index (χ1v) is 4.70. The Bertz CT molecular complexity index is 113. The molecule has 1 aliphatic heterocycles. The maximum Gasteiger partial charge on any atom is 0.158 e. The molecule has 0 radical (unpaired) electrons. The third-order valence-corrected chi connectivity index (χ3v) is 2.17. The lowest BCUT2D eigenvalue weighted by atomic mass is 10.0. The molecule has 1 atom stereocenters. The summed E-state index contributed by atoms with van der Waals surface area (Å²) in [6.07, 6.45) is 2.29. The van der Waals surface area contributed by atoms with Crippen LogP contribution in [0.3, 0.4) is 0 Å². The minimum atomic E-state index is 0.0665. The molecular weight excluding hydrogens is 154 g/mol. The predicted molar refractivity (Wildman–Crippen MR) is 48.0 cm³/mol. The average Bonchev–Trinajstić information content (AvgIpc) is 2.53. The van der Waals surface area contributed by atoms with Crippen molar-refractivity contribution in [3.8, 4) is 0 Å². The van der Waals surface area contributed by atoms with Crippen LogP contribution in [0.15, 0.2) is 0 Å². The van der Waals surface area contributed by atoms with Crippen LogP contribution in [0.1, 0.15) is 19.8 Å². The Balaban J connectivity index is 2.03. The zero-order valence-electron chi connectivity index (χ0n) is 8.01. The van der Waals surface area contributed by atoms with E-state index in [4.69, 9.17) is 9.47 Å². The summed E-state index contributed by atoms with van der Waals surface area (Å²) in [4.78, 5) is 0. The second kappa shape index (κ2) is 5.51. The Hall–Kier alpha value is -0.120.